The highest BCUT2D eigenvalue weighted by Gasteiger charge is 2.26. The number of hydrogen-bond donors (Lipinski definition) is 2. The summed E-state index contributed by atoms with van der Waals surface area (Å²) in [5.74, 6) is -0.822. The Labute approximate surface area is 446 Å². The Balaban J connectivity index is 3.75. The van der Waals surface area contributed by atoms with Gasteiger partial charge in [-0.25, -0.2) is 4.57 Å². The summed E-state index contributed by atoms with van der Waals surface area (Å²) < 4.78 is 33.0. The van der Waals surface area contributed by atoms with Gasteiger partial charge in [-0.2, -0.15) is 0 Å². The van der Waals surface area contributed by atoms with Crippen LogP contribution in [0.4, 0.5) is 0 Å². The Morgan fingerprint density at radius 2 is 0.681 bits per heavy atom. The molecule has 0 bridgehead atoms. The monoisotopic (exact) mass is 1040 g/mol. The van der Waals surface area contributed by atoms with Crippen LogP contribution in [0.2, 0.25) is 0 Å². The van der Waals surface area contributed by atoms with Crippen LogP contribution in [0.1, 0.15) is 328 Å². The van der Waals surface area contributed by atoms with Gasteiger partial charge in [0.1, 0.15) is 6.61 Å². The first-order chi connectivity index (χ1) is 35.3. The highest BCUT2D eigenvalue weighted by Crippen LogP contribution is 2.43. The quantitative estimate of drug-likeness (QED) is 0.0264. The zero-order valence-electron chi connectivity index (χ0n) is 47.7. The molecule has 0 aromatic carbocycles. The van der Waals surface area contributed by atoms with Crippen molar-refractivity contribution in [1.82, 2.24) is 0 Å². The van der Waals surface area contributed by atoms with Crippen molar-refractivity contribution in [3.8, 4) is 0 Å². The lowest BCUT2D eigenvalue weighted by Crippen LogP contribution is -2.29. The van der Waals surface area contributed by atoms with Gasteiger partial charge in [-0.05, 0) is 64.2 Å². The zero-order chi connectivity index (χ0) is 52.4. The van der Waals surface area contributed by atoms with Gasteiger partial charge in [-0.15, -0.1) is 0 Å². The first-order valence-electron chi connectivity index (χ1n) is 31.3. The maximum Gasteiger partial charge on any atom is 0.472 e. The summed E-state index contributed by atoms with van der Waals surface area (Å²) in [4.78, 5) is 35.1. The van der Waals surface area contributed by atoms with Gasteiger partial charge in [0, 0.05) is 19.4 Å². The van der Waals surface area contributed by atoms with E-state index < -0.39 is 26.5 Å². The molecule has 0 aromatic rings. The van der Waals surface area contributed by atoms with Gasteiger partial charge >= 0.3 is 19.8 Å². The number of phosphoric ester groups is 1. The molecule has 0 aliphatic carbocycles. The molecule has 0 amide bonds. The van der Waals surface area contributed by atoms with Gasteiger partial charge < -0.3 is 20.1 Å². The number of hydrogen-bond acceptors (Lipinski definition) is 8. The van der Waals surface area contributed by atoms with E-state index in [2.05, 4.69) is 38.2 Å². The van der Waals surface area contributed by atoms with Gasteiger partial charge in [-0.1, -0.05) is 276 Å². The van der Waals surface area contributed by atoms with E-state index in [1.807, 2.05) is 0 Å². The molecular weight excluding hydrogens is 918 g/mol. The summed E-state index contributed by atoms with van der Waals surface area (Å²) >= 11 is 0. The van der Waals surface area contributed by atoms with Crippen molar-refractivity contribution >= 4 is 19.8 Å². The number of nitrogens with two attached hydrogens (primary N) is 1. The van der Waals surface area contributed by atoms with E-state index in [-0.39, 0.29) is 38.6 Å². The number of rotatable bonds is 60. The molecule has 9 nitrogen and oxygen atoms in total. The Morgan fingerprint density at radius 3 is 0.986 bits per heavy atom. The molecule has 0 aliphatic rings. The van der Waals surface area contributed by atoms with Crippen LogP contribution < -0.4 is 5.73 Å². The van der Waals surface area contributed by atoms with E-state index >= 15 is 0 Å². The van der Waals surface area contributed by atoms with E-state index in [4.69, 9.17) is 24.3 Å². The van der Waals surface area contributed by atoms with Gasteiger partial charge in [0.2, 0.25) is 0 Å². The van der Waals surface area contributed by atoms with Crippen molar-refractivity contribution in [2.24, 2.45) is 5.73 Å². The van der Waals surface area contributed by atoms with Crippen LogP contribution in [0.5, 0.6) is 0 Å². The summed E-state index contributed by atoms with van der Waals surface area (Å²) in [6.07, 6.45) is 69.9. The van der Waals surface area contributed by atoms with Crippen molar-refractivity contribution in [3.05, 3.63) is 24.3 Å². The Hall–Kier alpha value is -1.51. The van der Waals surface area contributed by atoms with Gasteiger partial charge in [0.25, 0.3) is 0 Å². The van der Waals surface area contributed by atoms with Crippen LogP contribution in [-0.4, -0.2) is 49.3 Å². The lowest BCUT2D eigenvalue weighted by molar-refractivity contribution is -0.161. The third-order valence-corrected chi connectivity index (χ3v) is 15.0. The predicted octanol–water partition coefficient (Wildman–Crippen LogP) is 19.8. The van der Waals surface area contributed by atoms with E-state index in [0.29, 0.717) is 6.42 Å². The number of unbranched alkanes of at least 4 members (excludes halogenated alkanes) is 43. The van der Waals surface area contributed by atoms with Crippen LogP contribution in [0.25, 0.3) is 0 Å². The highest BCUT2D eigenvalue weighted by atomic mass is 31.2. The fourth-order valence-corrected chi connectivity index (χ4v) is 10.2. The molecule has 0 rings (SSSR count). The molecule has 0 radical (unpaired) electrons. The standard InChI is InChI=1S/C62H120NO8P/c1-3-5-7-9-11-13-15-17-19-20-21-22-23-24-25-26-27-28-29-30-31-32-33-34-35-36-37-38-39-40-41-43-45-47-49-51-53-55-62(65)71-60(59-70-72(66,67)69-57-56-63)58-68-61(64)54-52-50-48-46-44-42-18-16-14-12-10-8-6-4-2/h16,18,20-21,60H,3-15,17,19,22-59,63H2,1-2H3,(H,66,67)/b18-16-,21-20-. The fourth-order valence-electron chi connectivity index (χ4n) is 9.39. The van der Waals surface area contributed by atoms with E-state index in [0.717, 1.165) is 51.4 Å². The summed E-state index contributed by atoms with van der Waals surface area (Å²) in [5, 5.41) is 0. The minimum absolute atomic E-state index is 0.0549. The average molecular weight is 1040 g/mol. The van der Waals surface area contributed by atoms with Gasteiger partial charge in [-0.3, -0.25) is 18.6 Å². The number of ether oxygens (including phenoxy) is 2. The second kappa shape index (κ2) is 58.7. The number of carbonyl (C=O) groups is 2. The van der Waals surface area contributed by atoms with Crippen molar-refractivity contribution in [1.29, 1.82) is 0 Å². The topological polar surface area (TPSA) is 134 Å². The Morgan fingerprint density at radius 1 is 0.403 bits per heavy atom. The lowest BCUT2D eigenvalue weighted by atomic mass is 10.0. The first-order valence-corrected chi connectivity index (χ1v) is 32.8. The fraction of sp³-hybridized carbons (Fsp3) is 0.903. The van der Waals surface area contributed by atoms with Crippen LogP contribution in [0, 0.1) is 0 Å². The number of phosphoric acid groups is 1. The molecule has 2 unspecified atom stereocenters. The molecule has 0 saturated carbocycles. The SMILES string of the molecule is CCCCCCC/C=C\CCCCCCCC(=O)OCC(COP(=O)(O)OCCN)OC(=O)CCCCCCCCCCCCCCCCCCCCCCCCCCC/C=C\CCCCCCCCCC. The van der Waals surface area contributed by atoms with Crippen LogP contribution in [0.15, 0.2) is 24.3 Å². The predicted molar refractivity (Wildman–Crippen MR) is 307 cm³/mol. The third-order valence-electron chi connectivity index (χ3n) is 14.1. The number of esters is 2. The summed E-state index contributed by atoms with van der Waals surface area (Å²) in [6, 6.07) is 0. The van der Waals surface area contributed by atoms with Gasteiger partial charge in [0.15, 0.2) is 6.10 Å². The molecule has 0 fully saturated rings. The highest BCUT2D eigenvalue weighted by molar-refractivity contribution is 7.47. The molecule has 0 aliphatic heterocycles. The summed E-state index contributed by atoms with van der Waals surface area (Å²) in [6.45, 7) is 3.77. The summed E-state index contributed by atoms with van der Waals surface area (Å²) in [5.41, 5.74) is 5.38. The molecule has 72 heavy (non-hydrogen) atoms. The first kappa shape index (κ1) is 70.5. The molecule has 3 N–H and O–H groups in total. The normalized spacial score (nSPS) is 13.1. The molecular formula is C62H120NO8P. The molecule has 0 spiro atoms. The number of carbonyl (C=O) groups excluding carboxylic acids is 2. The molecule has 2 atom stereocenters. The molecule has 10 heteroatoms. The Bertz CT molecular complexity index is 1230. The Kier molecular flexibility index (Phi) is 57.5. The largest absolute Gasteiger partial charge is 0.472 e. The zero-order valence-corrected chi connectivity index (χ0v) is 48.6. The van der Waals surface area contributed by atoms with E-state index in [1.54, 1.807) is 0 Å². The smallest absolute Gasteiger partial charge is 0.462 e. The third kappa shape index (κ3) is 57.8. The lowest BCUT2D eigenvalue weighted by Gasteiger charge is -2.19. The maximum absolute atomic E-state index is 12.7. The van der Waals surface area contributed by atoms with Crippen LogP contribution in [0.3, 0.4) is 0 Å². The van der Waals surface area contributed by atoms with Crippen molar-refractivity contribution in [2.75, 3.05) is 26.4 Å². The van der Waals surface area contributed by atoms with E-state index in [1.165, 1.54) is 244 Å². The minimum Gasteiger partial charge on any atom is -0.462 e. The second-order valence-electron chi connectivity index (χ2n) is 21.3. The molecule has 0 heterocycles. The van der Waals surface area contributed by atoms with Gasteiger partial charge in [0.05, 0.1) is 13.2 Å². The molecule has 0 saturated heterocycles. The minimum atomic E-state index is -4.38. The van der Waals surface area contributed by atoms with Crippen LogP contribution in [-0.2, 0) is 32.7 Å². The average Bonchev–Trinajstić information content (AvgIpc) is 3.37. The maximum atomic E-state index is 12.7. The van der Waals surface area contributed by atoms with Crippen molar-refractivity contribution in [2.45, 2.75) is 335 Å². The number of allylic oxidation sites excluding steroid dienone is 4. The molecule has 0 aromatic heterocycles. The van der Waals surface area contributed by atoms with Crippen molar-refractivity contribution < 1.29 is 37.6 Å². The van der Waals surface area contributed by atoms with Crippen molar-refractivity contribution in [3.63, 3.8) is 0 Å². The van der Waals surface area contributed by atoms with E-state index in [9.17, 15) is 19.0 Å². The van der Waals surface area contributed by atoms with Crippen LogP contribution >= 0.6 is 7.82 Å². The summed E-state index contributed by atoms with van der Waals surface area (Å²) in [7, 11) is -4.38. The molecule has 426 valence electrons. The second-order valence-corrected chi connectivity index (χ2v) is 22.7.